The SMILES string of the molecule is CN(C(=O)Nc1cc[c-]cc1)C1CCN(CC2CC2)CC1.[Y+3]. The van der Waals surface area contributed by atoms with E-state index in [9.17, 15) is 4.79 Å². The van der Waals surface area contributed by atoms with Gasteiger partial charge in [0.1, 0.15) is 0 Å². The summed E-state index contributed by atoms with van der Waals surface area (Å²) in [7, 11) is 1.91. The van der Waals surface area contributed by atoms with E-state index in [0.29, 0.717) is 6.04 Å². The Hall–Kier alpha value is -0.446. The third kappa shape index (κ3) is 5.04. The van der Waals surface area contributed by atoms with Crippen molar-refractivity contribution in [2.45, 2.75) is 31.7 Å². The average molecular weight is 375 g/mol. The number of carbonyl (C=O) groups is 1. The Balaban J connectivity index is 0.00000176. The number of hydrogen-bond acceptors (Lipinski definition) is 2. The normalized spacial score (nSPS) is 19.3. The minimum atomic E-state index is -0.0122. The molecule has 4 nitrogen and oxygen atoms in total. The van der Waals surface area contributed by atoms with Gasteiger partial charge in [0, 0.05) is 32.7 Å². The van der Waals surface area contributed by atoms with Crippen molar-refractivity contribution in [3.05, 3.63) is 30.3 Å². The van der Waals surface area contributed by atoms with Crippen LogP contribution in [0.2, 0.25) is 0 Å². The van der Waals surface area contributed by atoms with Crippen LogP contribution < -0.4 is 5.32 Å². The van der Waals surface area contributed by atoms with Crippen molar-refractivity contribution in [1.29, 1.82) is 0 Å². The van der Waals surface area contributed by atoms with Gasteiger partial charge >= 0.3 is 38.7 Å². The summed E-state index contributed by atoms with van der Waals surface area (Å²) >= 11 is 0. The van der Waals surface area contributed by atoms with Crippen molar-refractivity contribution in [3.8, 4) is 0 Å². The predicted molar refractivity (Wildman–Crippen MR) is 84.2 cm³/mol. The van der Waals surface area contributed by atoms with Crippen molar-refractivity contribution in [2.24, 2.45) is 5.92 Å². The fourth-order valence-corrected chi connectivity index (χ4v) is 3.00. The molecule has 114 valence electrons. The molecule has 1 N–H and O–H groups in total. The van der Waals surface area contributed by atoms with Crippen LogP contribution in [0, 0.1) is 12.0 Å². The van der Waals surface area contributed by atoms with Crippen molar-refractivity contribution < 1.29 is 37.5 Å². The first-order valence-electron chi connectivity index (χ1n) is 7.94. The molecule has 1 saturated heterocycles. The molecule has 0 atom stereocenters. The number of hydrogen-bond donors (Lipinski definition) is 1. The summed E-state index contributed by atoms with van der Waals surface area (Å²) in [5.41, 5.74) is 0.830. The smallest absolute Gasteiger partial charge is 0.331 e. The molecule has 0 spiro atoms. The number of likely N-dealkylation sites (tertiary alicyclic amines) is 1. The molecular weight excluding hydrogens is 351 g/mol. The third-order valence-electron chi connectivity index (χ3n) is 4.61. The molecule has 0 aromatic heterocycles. The number of piperidine rings is 1. The summed E-state index contributed by atoms with van der Waals surface area (Å²) in [4.78, 5) is 16.7. The van der Waals surface area contributed by atoms with Gasteiger partial charge in [0.15, 0.2) is 0 Å². The van der Waals surface area contributed by atoms with Gasteiger partial charge in [-0.1, -0.05) is 5.69 Å². The van der Waals surface area contributed by atoms with E-state index < -0.39 is 0 Å². The Morgan fingerprint density at radius 1 is 1.27 bits per heavy atom. The van der Waals surface area contributed by atoms with Gasteiger partial charge in [0.25, 0.3) is 0 Å². The average Bonchev–Trinajstić information content (AvgIpc) is 3.32. The van der Waals surface area contributed by atoms with Crippen LogP contribution in [0.3, 0.4) is 0 Å². The van der Waals surface area contributed by atoms with Crippen LogP contribution in [0.15, 0.2) is 24.3 Å². The van der Waals surface area contributed by atoms with Crippen LogP contribution in [0.25, 0.3) is 0 Å². The Morgan fingerprint density at radius 2 is 1.91 bits per heavy atom. The van der Waals surface area contributed by atoms with E-state index in [2.05, 4.69) is 16.3 Å². The zero-order chi connectivity index (χ0) is 14.7. The summed E-state index contributed by atoms with van der Waals surface area (Å²) in [5.74, 6) is 0.956. The zero-order valence-electron chi connectivity index (χ0n) is 13.3. The Bertz CT molecular complexity index is 470. The maximum absolute atomic E-state index is 12.3. The molecule has 1 aromatic carbocycles. The fourth-order valence-electron chi connectivity index (χ4n) is 3.00. The van der Waals surface area contributed by atoms with E-state index in [4.69, 9.17) is 0 Å². The van der Waals surface area contributed by atoms with Crippen LogP contribution in [-0.4, -0.2) is 48.6 Å². The number of nitrogens with zero attached hydrogens (tertiary/aromatic N) is 2. The minimum Gasteiger partial charge on any atom is -0.331 e. The fraction of sp³-hybridized carbons (Fsp3) is 0.588. The van der Waals surface area contributed by atoms with Gasteiger partial charge in [0.2, 0.25) is 0 Å². The van der Waals surface area contributed by atoms with Crippen molar-refractivity contribution in [1.82, 2.24) is 9.80 Å². The maximum atomic E-state index is 12.3. The molecular formula is C17H24N3OY+2. The first-order chi connectivity index (χ1) is 10.2. The Morgan fingerprint density at radius 3 is 2.50 bits per heavy atom. The summed E-state index contributed by atoms with van der Waals surface area (Å²) in [6, 6.07) is 10.7. The number of benzene rings is 1. The second-order valence-electron chi connectivity index (χ2n) is 6.30. The summed E-state index contributed by atoms with van der Waals surface area (Å²) in [5, 5.41) is 2.95. The number of amides is 2. The summed E-state index contributed by atoms with van der Waals surface area (Å²) < 4.78 is 0. The van der Waals surface area contributed by atoms with Crippen LogP contribution in [0.4, 0.5) is 10.5 Å². The van der Waals surface area contributed by atoms with Crippen molar-refractivity contribution in [3.63, 3.8) is 0 Å². The van der Waals surface area contributed by atoms with E-state index >= 15 is 0 Å². The molecule has 2 fully saturated rings. The van der Waals surface area contributed by atoms with Gasteiger partial charge in [-0.15, -0.1) is 12.1 Å². The van der Waals surface area contributed by atoms with E-state index in [1.54, 1.807) is 0 Å². The first-order valence-corrected chi connectivity index (χ1v) is 7.94. The largest absolute Gasteiger partial charge is 3.00 e. The van der Waals surface area contributed by atoms with Gasteiger partial charge in [-0.2, -0.15) is 18.2 Å². The predicted octanol–water partition coefficient (Wildman–Crippen LogP) is 2.82. The molecule has 1 heterocycles. The number of nitrogens with one attached hydrogen (secondary N) is 1. The second-order valence-corrected chi connectivity index (χ2v) is 6.30. The van der Waals surface area contributed by atoms with Gasteiger partial charge in [0.05, 0.1) is 0 Å². The third-order valence-corrected chi connectivity index (χ3v) is 4.61. The standard InChI is InChI=1S/C17H24N3O.Y/c1-19(17(21)18-15-5-3-2-4-6-15)16-9-11-20(12-10-16)13-14-7-8-14;/h3-6,14,16H,7-13H2,1H3,(H,18,21);/q-1;+3. The van der Waals surface area contributed by atoms with Crippen LogP contribution >= 0.6 is 0 Å². The molecule has 3 rings (SSSR count). The molecule has 5 heteroatoms. The van der Waals surface area contributed by atoms with E-state index in [1.165, 1.54) is 19.4 Å². The number of urea groups is 1. The van der Waals surface area contributed by atoms with E-state index in [0.717, 1.165) is 37.5 Å². The molecule has 22 heavy (non-hydrogen) atoms. The van der Waals surface area contributed by atoms with Gasteiger partial charge in [-0.25, -0.2) is 4.79 Å². The van der Waals surface area contributed by atoms with Gasteiger partial charge < -0.3 is 15.1 Å². The Kier molecular flexibility index (Phi) is 6.85. The van der Waals surface area contributed by atoms with Crippen LogP contribution in [-0.2, 0) is 32.7 Å². The molecule has 1 aliphatic carbocycles. The van der Waals surface area contributed by atoms with Crippen LogP contribution in [0.1, 0.15) is 25.7 Å². The van der Waals surface area contributed by atoms with Crippen molar-refractivity contribution >= 4 is 11.7 Å². The molecule has 1 aliphatic heterocycles. The zero-order valence-corrected chi connectivity index (χ0v) is 16.1. The molecule has 0 radical (unpaired) electrons. The Labute approximate surface area is 158 Å². The first kappa shape index (κ1) is 17.9. The molecule has 0 unspecified atom stereocenters. The molecule has 1 aromatic rings. The monoisotopic (exact) mass is 375 g/mol. The molecule has 1 saturated carbocycles. The maximum Gasteiger partial charge on any atom is 3.00 e. The number of anilines is 1. The number of carbonyl (C=O) groups excluding carboxylic acids is 1. The van der Waals surface area contributed by atoms with E-state index in [-0.39, 0.29) is 38.7 Å². The molecule has 0 bridgehead atoms. The van der Waals surface area contributed by atoms with Gasteiger partial charge in [-0.05, 0) is 31.6 Å². The second kappa shape index (κ2) is 8.42. The van der Waals surface area contributed by atoms with Crippen molar-refractivity contribution in [2.75, 3.05) is 32.0 Å². The minimum absolute atomic E-state index is 0. The molecule has 2 aliphatic rings. The van der Waals surface area contributed by atoms with E-state index in [1.807, 2.05) is 36.2 Å². The summed E-state index contributed by atoms with van der Waals surface area (Å²) in [6.07, 6.45) is 4.99. The number of rotatable bonds is 4. The summed E-state index contributed by atoms with van der Waals surface area (Å²) in [6.45, 7) is 3.52. The topological polar surface area (TPSA) is 35.6 Å². The quantitative estimate of drug-likeness (QED) is 0.822. The van der Waals surface area contributed by atoms with Gasteiger partial charge in [-0.3, -0.25) is 0 Å². The van der Waals surface area contributed by atoms with Crippen LogP contribution in [0.5, 0.6) is 0 Å². The molecule has 2 amide bonds.